The normalized spacial score (nSPS) is 16.6. The molecule has 3 aromatic carbocycles. The van der Waals surface area contributed by atoms with E-state index in [1.807, 2.05) is 76.0 Å². The number of hydrogen-bond acceptors (Lipinski definition) is 12. The van der Waals surface area contributed by atoms with E-state index < -0.39 is 54.0 Å². The summed E-state index contributed by atoms with van der Waals surface area (Å²) >= 11 is 4.55. The Balaban J connectivity index is 1.30. The molecular formula is C50H63N3O7S3Si. The minimum absolute atomic E-state index is 0.0403. The highest BCUT2D eigenvalue weighted by Gasteiger charge is 2.42. The van der Waals surface area contributed by atoms with Gasteiger partial charge in [0.2, 0.25) is 5.91 Å². The summed E-state index contributed by atoms with van der Waals surface area (Å²) in [5, 5.41) is 5.91. The van der Waals surface area contributed by atoms with Gasteiger partial charge in [-0.1, -0.05) is 131 Å². The highest BCUT2D eigenvalue weighted by atomic mass is 32.2. The highest BCUT2D eigenvalue weighted by Crippen LogP contribution is 2.48. The molecule has 0 fully saturated rings. The van der Waals surface area contributed by atoms with E-state index in [9.17, 15) is 19.2 Å². The Kier molecular flexibility index (Phi) is 17.8. The molecule has 1 aliphatic heterocycles. The first-order valence-electron chi connectivity index (χ1n) is 21.8. The highest BCUT2D eigenvalue weighted by molar-refractivity contribution is 8.14. The van der Waals surface area contributed by atoms with Gasteiger partial charge in [0.15, 0.2) is 0 Å². The molecule has 4 aromatic rings. The number of aliphatic imine (C=N–C) groups is 1. The molecule has 1 aliphatic rings. The average molecular weight is 942 g/mol. The third-order valence-corrected chi connectivity index (χ3v) is 15.7. The van der Waals surface area contributed by atoms with E-state index in [1.165, 1.54) is 23.1 Å². The van der Waals surface area contributed by atoms with Gasteiger partial charge < -0.3 is 19.5 Å². The fourth-order valence-electron chi connectivity index (χ4n) is 6.89. The number of amides is 1. The average Bonchev–Trinajstić information content (AvgIpc) is 3.88. The SMILES string of the molecule is CC(C)C(NC(=O)[C@]1(C)CSC(c2csc(CC(=O)OC(C)(C)C)n2)=N1)C(=O)OC(/C=C/CCSC(c1ccccc1)(c1ccccc1)c1ccccc1)CC(=O)OCC[Si](C)(C)C. The van der Waals surface area contributed by atoms with Crippen LogP contribution < -0.4 is 5.32 Å². The maximum atomic E-state index is 14.0. The molecule has 0 radical (unpaired) electrons. The second-order valence-corrected chi connectivity index (χ2v) is 27.5. The molecule has 0 aliphatic carbocycles. The predicted octanol–water partition coefficient (Wildman–Crippen LogP) is 10.3. The van der Waals surface area contributed by atoms with Crippen molar-refractivity contribution >= 4 is 71.8 Å². The van der Waals surface area contributed by atoms with Gasteiger partial charge in [0, 0.05) is 19.2 Å². The van der Waals surface area contributed by atoms with E-state index in [1.54, 1.807) is 13.0 Å². The lowest BCUT2D eigenvalue weighted by Crippen LogP contribution is -2.53. The molecule has 5 rings (SSSR count). The molecule has 0 bridgehead atoms. The van der Waals surface area contributed by atoms with Crippen molar-refractivity contribution in [1.29, 1.82) is 0 Å². The number of thiazole rings is 1. The summed E-state index contributed by atoms with van der Waals surface area (Å²) < 4.78 is 16.7. The number of thioether (sulfide) groups is 2. The molecule has 0 spiro atoms. The zero-order valence-electron chi connectivity index (χ0n) is 38.6. The van der Waals surface area contributed by atoms with Crippen molar-refractivity contribution < 1.29 is 33.4 Å². The van der Waals surface area contributed by atoms with Gasteiger partial charge in [0.25, 0.3) is 0 Å². The predicted molar refractivity (Wildman–Crippen MR) is 265 cm³/mol. The maximum absolute atomic E-state index is 14.0. The van der Waals surface area contributed by atoms with E-state index in [-0.39, 0.29) is 24.7 Å². The number of carbonyl (C=O) groups excluding carboxylic acids is 4. The maximum Gasteiger partial charge on any atom is 0.329 e. The lowest BCUT2D eigenvalue weighted by Gasteiger charge is -2.35. The molecular weight excluding hydrogens is 879 g/mol. The van der Waals surface area contributed by atoms with Crippen LogP contribution in [0.1, 0.15) is 81.8 Å². The lowest BCUT2D eigenvalue weighted by molar-refractivity contribution is -0.157. The molecule has 0 saturated carbocycles. The number of rotatable bonds is 21. The summed E-state index contributed by atoms with van der Waals surface area (Å²) in [5.74, 6) is -1.19. The molecule has 1 amide bonds. The number of nitrogens with zero attached hydrogens (tertiary/aromatic N) is 2. The molecule has 1 N–H and O–H groups in total. The molecule has 2 unspecified atom stereocenters. The topological polar surface area (TPSA) is 133 Å². The number of benzene rings is 3. The quantitative estimate of drug-likeness (QED) is 0.0215. The fraction of sp³-hybridized carbons (Fsp3) is 0.440. The van der Waals surface area contributed by atoms with Crippen LogP contribution >= 0.6 is 34.9 Å². The van der Waals surface area contributed by atoms with Gasteiger partial charge in [-0.25, -0.2) is 9.78 Å². The third-order valence-electron chi connectivity index (χ3n) is 10.3. The Hall–Kier alpha value is -4.50. The third kappa shape index (κ3) is 14.5. The van der Waals surface area contributed by atoms with Crippen LogP contribution in [-0.2, 0) is 44.6 Å². The van der Waals surface area contributed by atoms with Crippen LogP contribution in [0.3, 0.4) is 0 Å². The zero-order chi connectivity index (χ0) is 46.5. The van der Waals surface area contributed by atoms with Gasteiger partial charge in [-0.05, 0) is 74.6 Å². The van der Waals surface area contributed by atoms with Gasteiger partial charge in [0.1, 0.15) is 39.0 Å². The van der Waals surface area contributed by atoms with Crippen LogP contribution in [0.2, 0.25) is 25.7 Å². The largest absolute Gasteiger partial charge is 0.466 e. The summed E-state index contributed by atoms with van der Waals surface area (Å²) in [6, 6.07) is 31.3. The van der Waals surface area contributed by atoms with Gasteiger partial charge in [0.05, 0.1) is 24.2 Å². The number of ether oxygens (including phenoxy) is 3. The van der Waals surface area contributed by atoms with E-state index in [2.05, 4.69) is 103 Å². The van der Waals surface area contributed by atoms with Crippen LogP contribution in [0.25, 0.3) is 0 Å². The number of nitrogens with one attached hydrogen (secondary N) is 1. The van der Waals surface area contributed by atoms with E-state index >= 15 is 0 Å². The summed E-state index contributed by atoms with van der Waals surface area (Å²) in [6.07, 6.45) is 3.31. The van der Waals surface area contributed by atoms with E-state index in [0.717, 1.165) is 22.7 Å². The fourth-order valence-corrected chi connectivity index (χ4v) is 11.0. The van der Waals surface area contributed by atoms with Crippen LogP contribution in [0.15, 0.2) is 114 Å². The minimum atomic E-state index is -1.46. The van der Waals surface area contributed by atoms with E-state index in [4.69, 9.17) is 19.2 Å². The zero-order valence-corrected chi connectivity index (χ0v) is 42.0. The van der Waals surface area contributed by atoms with Crippen molar-refractivity contribution in [3.63, 3.8) is 0 Å². The van der Waals surface area contributed by atoms with Crippen molar-refractivity contribution in [3.8, 4) is 0 Å². The molecule has 64 heavy (non-hydrogen) atoms. The van der Waals surface area contributed by atoms with Crippen molar-refractivity contribution in [2.24, 2.45) is 10.9 Å². The van der Waals surface area contributed by atoms with Crippen LogP contribution in [0, 0.1) is 5.92 Å². The van der Waals surface area contributed by atoms with Crippen molar-refractivity contribution in [2.75, 3.05) is 18.1 Å². The molecule has 342 valence electrons. The first-order chi connectivity index (χ1) is 30.3. The van der Waals surface area contributed by atoms with Crippen LogP contribution in [0.4, 0.5) is 0 Å². The lowest BCUT2D eigenvalue weighted by atomic mass is 9.84. The number of allylic oxidation sites excluding steroid dienone is 1. The Labute approximate surface area is 392 Å². The van der Waals surface area contributed by atoms with Crippen molar-refractivity contribution in [1.82, 2.24) is 10.3 Å². The molecule has 3 atom stereocenters. The number of aromatic nitrogens is 1. The summed E-state index contributed by atoms with van der Waals surface area (Å²) in [4.78, 5) is 62.9. The Morgan fingerprint density at radius 3 is 2.00 bits per heavy atom. The standard InChI is InChI=1S/C50H63N3O7S3Si/c1-35(2)44(52-47(57)49(6)34-62-45(53-49)40-33-61-41(51-40)32-43(55)60-48(3,4)5)46(56)59-39(31-42(54)58-28-30-64(7,8)9)27-19-20-29-63-50(36-21-13-10-14-22-36,37-23-15-11-16-24-37)38-25-17-12-18-26-38/h10-19,21-27,33,35,39,44H,20,28-32,34H2,1-9H3,(H,52,57)/b27-19+/t39?,44?,49-/m0/s1. The van der Waals surface area contributed by atoms with Crippen LogP contribution in [-0.4, -0.2) is 83.3 Å². The van der Waals surface area contributed by atoms with Gasteiger partial charge in [-0.3, -0.25) is 19.4 Å². The smallest absolute Gasteiger partial charge is 0.329 e. The molecule has 1 aromatic heterocycles. The molecule has 2 heterocycles. The van der Waals surface area contributed by atoms with Gasteiger partial charge in [-0.2, -0.15) is 0 Å². The van der Waals surface area contributed by atoms with E-state index in [0.29, 0.717) is 40.3 Å². The van der Waals surface area contributed by atoms with Crippen LogP contribution in [0.5, 0.6) is 0 Å². The first kappa shape index (κ1) is 50.5. The monoisotopic (exact) mass is 941 g/mol. The molecule has 0 saturated heterocycles. The second kappa shape index (κ2) is 22.6. The first-order valence-corrected chi connectivity index (χ1v) is 28.4. The minimum Gasteiger partial charge on any atom is -0.466 e. The van der Waals surface area contributed by atoms with Gasteiger partial charge >= 0.3 is 17.9 Å². The Bertz CT molecular complexity index is 2140. The molecule has 14 heteroatoms. The number of esters is 3. The Morgan fingerprint density at radius 1 is 0.891 bits per heavy atom. The van der Waals surface area contributed by atoms with Gasteiger partial charge in [-0.15, -0.1) is 34.9 Å². The summed E-state index contributed by atoms with van der Waals surface area (Å²) in [7, 11) is -1.46. The number of hydrogen-bond donors (Lipinski definition) is 1. The Morgan fingerprint density at radius 2 is 1.47 bits per heavy atom. The van der Waals surface area contributed by atoms with Crippen molar-refractivity contribution in [2.45, 2.75) is 115 Å². The number of carbonyl (C=O) groups is 4. The summed E-state index contributed by atoms with van der Waals surface area (Å²) in [5.41, 5.74) is 2.28. The second-order valence-electron chi connectivity index (χ2n) is 18.6. The molecule has 10 nitrogen and oxygen atoms in total. The van der Waals surface area contributed by atoms with Crippen molar-refractivity contribution in [3.05, 3.63) is 136 Å². The summed E-state index contributed by atoms with van der Waals surface area (Å²) in [6.45, 7) is 17.8.